The molecule has 5 nitrogen and oxygen atoms in total. The number of sulfone groups is 1. The van der Waals surface area contributed by atoms with Crippen molar-refractivity contribution in [3.8, 4) is 0 Å². The Balaban J connectivity index is 0.00000243. The zero-order valence-electron chi connectivity index (χ0n) is 15.0. The number of rotatable bonds is 5. The van der Waals surface area contributed by atoms with E-state index in [9.17, 15) is 8.42 Å². The van der Waals surface area contributed by atoms with Gasteiger partial charge < -0.3 is 10.6 Å². The van der Waals surface area contributed by atoms with Gasteiger partial charge in [0.15, 0.2) is 15.8 Å². The molecule has 1 saturated heterocycles. The second-order valence-electron chi connectivity index (χ2n) is 7.08. The number of hydrogen-bond donors (Lipinski definition) is 2. The predicted molar refractivity (Wildman–Crippen MR) is 121 cm³/mol. The molecule has 2 N–H and O–H groups in total. The van der Waals surface area contributed by atoms with Gasteiger partial charge in [0.1, 0.15) is 0 Å². The second-order valence-corrected chi connectivity index (χ2v) is 10.2. The van der Waals surface area contributed by atoms with Gasteiger partial charge >= 0.3 is 0 Å². The minimum atomic E-state index is -2.89. The molecule has 26 heavy (non-hydrogen) atoms. The van der Waals surface area contributed by atoms with Crippen molar-refractivity contribution in [2.45, 2.75) is 44.1 Å². The number of benzene rings is 1. The fourth-order valence-electron chi connectivity index (χ4n) is 3.60. The molecule has 146 valence electrons. The first-order chi connectivity index (χ1) is 11.9. The average Bonchev–Trinajstić information content (AvgIpc) is 2.87. The summed E-state index contributed by atoms with van der Waals surface area (Å²) in [5.41, 5.74) is 1.45. The van der Waals surface area contributed by atoms with Crippen molar-refractivity contribution in [1.29, 1.82) is 0 Å². The molecule has 2 aliphatic rings. The van der Waals surface area contributed by atoms with Crippen molar-refractivity contribution < 1.29 is 8.42 Å². The molecule has 0 bridgehead atoms. The minimum absolute atomic E-state index is 0. The summed E-state index contributed by atoms with van der Waals surface area (Å²) in [6.45, 7) is 3.51. The molecule has 2 fully saturated rings. The van der Waals surface area contributed by atoms with Crippen molar-refractivity contribution in [3.63, 3.8) is 0 Å². The van der Waals surface area contributed by atoms with E-state index in [1.807, 2.05) is 6.92 Å². The van der Waals surface area contributed by atoms with Crippen LogP contribution in [0.5, 0.6) is 0 Å². The van der Waals surface area contributed by atoms with Gasteiger partial charge in [-0.2, -0.15) is 0 Å². The van der Waals surface area contributed by atoms with Gasteiger partial charge in [0, 0.05) is 22.5 Å². The van der Waals surface area contributed by atoms with Gasteiger partial charge in [0.05, 0.1) is 18.1 Å². The maximum absolute atomic E-state index is 11.7. The molecular weight excluding hydrogens is 529 g/mol. The summed E-state index contributed by atoms with van der Waals surface area (Å²) in [6, 6.07) is 8.51. The van der Waals surface area contributed by atoms with E-state index >= 15 is 0 Å². The van der Waals surface area contributed by atoms with E-state index < -0.39 is 9.84 Å². The van der Waals surface area contributed by atoms with Gasteiger partial charge in [-0.1, -0.05) is 34.5 Å². The third-order valence-corrected chi connectivity index (χ3v) is 7.52. The molecule has 3 rings (SSSR count). The summed E-state index contributed by atoms with van der Waals surface area (Å²) in [7, 11) is -2.89. The summed E-state index contributed by atoms with van der Waals surface area (Å²) in [6.07, 6.45) is 4.19. The molecule has 0 radical (unpaired) electrons. The van der Waals surface area contributed by atoms with Crippen molar-refractivity contribution in [1.82, 2.24) is 10.6 Å². The van der Waals surface area contributed by atoms with Gasteiger partial charge in [-0.15, -0.1) is 24.0 Å². The van der Waals surface area contributed by atoms with Crippen molar-refractivity contribution in [3.05, 3.63) is 34.3 Å². The molecule has 0 aromatic heterocycles. The molecule has 1 aromatic rings. The fourth-order valence-corrected chi connectivity index (χ4v) is 5.54. The third kappa shape index (κ3) is 5.34. The SMILES string of the molecule is CCNC(=NCC1(c2ccc(Br)cc2)CCC1)NC1CCS(=O)(=O)C1.I. The van der Waals surface area contributed by atoms with E-state index in [0.29, 0.717) is 6.42 Å². The highest BCUT2D eigenvalue weighted by molar-refractivity contribution is 14.0. The van der Waals surface area contributed by atoms with E-state index in [-0.39, 0.29) is 46.9 Å². The number of halogens is 2. The van der Waals surface area contributed by atoms with Crippen LogP contribution in [0.25, 0.3) is 0 Å². The lowest BCUT2D eigenvalue weighted by atomic mass is 9.64. The number of hydrogen-bond acceptors (Lipinski definition) is 3. The number of nitrogens with zero attached hydrogens (tertiary/aromatic N) is 1. The third-order valence-electron chi connectivity index (χ3n) is 5.22. The van der Waals surface area contributed by atoms with Gasteiger partial charge in [0.25, 0.3) is 0 Å². The lowest BCUT2D eigenvalue weighted by Gasteiger charge is -2.41. The van der Waals surface area contributed by atoms with Crippen LogP contribution in [0, 0.1) is 0 Å². The van der Waals surface area contributed by atoms with Crippen molar-refractivity contribution in [2.75, 3.05) is 24.6 Å². The fraction of sp³-hybridized carbons (Fsp3) is 0.611. The summed E-state index contributed by atoms with van der Waals surface area (Å²) in [5, 5.41) is 6.56. The number of guanidine groups is 1. The Morgan fingerprint density at radius 2 is 2.00 bits per heavy atom. The van der Waals surface area contributed by atoms with Crippen LogP contribution >= 0.6 is 39.9 Å². The Morgan fingerprint density at radius 3 is 2.50 bits per heavy atom. The van der Waals surface area contributed by atoms with Gasteiger partial charge in [-0.05, 0) is 43.9 Å². The van der Waals surface area contributed by atoms with Crippen LogP contribution in [0.4, 0.5) is 0 Å². The Kier molecular flexibility index (Phi) is 7.79. The molecule has 1 atom stereocenters. The highest BCUT2D eigenvalue weighted by Crippen LogP contribution is 2.44. The van der Waals surface area contributed by atoms with Gasteiger partial charge in [0.2, 0.25) is 0 Å². The first-order valence-electron chi connectivity index (χ1n) is 8.94. The van der Waals surface area contributed by atoms with Gasteiger partial charge in [-0.3, -0.25) is 4.99 Å². The summed E-state index contributed by atoms with van der Waals surface area (Å²) in [5.74, 6) is 1.20. The van der Waals surface area contributed by atoms with Crippen LogP contribution in [0.3, 0.4) is 0 Å². The van der Waals surface area contributed by atoms with Crippen molar-refractivity contribution in [2.24, 2.45) is 4.99 Å². The van der Waals surface area contributed by atoms with Crippen LogP contribution in [-0.4, -0.2) is 45.0 Å². The second kappa shape index (κ2) is 9.23. The molecule has 1 aromatic carbocycles. The topological polar surface area (TPSA) is 70.6 Å². The normalized spacial score (nSPS) is 23.6. The first-order valence-corrected chi connectivity index (χ1v) is 11.6. The minimum Gasteiger partial charge on any atom is -0.357 e. The molecule has 0 amide bonds. The standard InChI is InChI=1S/C18H26BrN3O2S.HI/c1-2-20-17(22-16-8-11-25(23,24)12-16)21-13-18(9-3-10-18)14-4-6-15(19)7-5-14;/h4-7,16H,2-3,8-13H2,1H3,(H2,20,21,22);1H. The lowest BCUT2D eigenvalue weighted by Crippen LogP contribution is -2.45. The zero-order valence-corrected chi connectivity index (χ0v) is 19.7. The summed E-state index contributed by atoms with van der Waals surface area (Å²) < 4.78 is 24.4. The molecule has 0 spiro atoms. The monoisotopic (exact) mass is 555 g/mol. The molecule has 1 unspecified atom stereocenters. The molecular formula is C18H27BrIN3O2S. The number of nitrogens with one attached hydrogen (secondary N) is 2. The van der Waals surface area contributed by atoms with Crippen LogP contribution in [0.15, 0.2) is 33.7 Å². The van der Waals surface area contributed by atoms with E-state index in [2.05, 4.69) is 50.8 Å². The van der Waals surface area contributed by atoms with Crippen LogP contribution < -0.4 is 10.6 Å². The Morgan fingerprint density at radius 1 is 1.31 bits per heavy atom. The quantitative estimate of drug-likeness (QED) is 0.332. The van der Waals surface area contributed by atoms with Gasteiger partial charge in [-0.25, -0.2) is 8.42 Å². The Bertz CT molecular complexity index is 733. The number of aliphatic imine (C=N–C) groups is 1. The molecule has 1 saturated carbocycles. The first kappa shape index (κ1) is 21.9. The zero-order chi connectivity index (χ0) is 17.9. The molecule has 8 heteroatoms. The Labute approximate surface area is 181 Å². The maximum atomic E-state index is 11.7. The highest BCUT2D eigenvalue weighted by atomic mass is 127. The average molecular weight is 556 g/mol. The molecule has 1 aliphatic heterocycles. The van der Waals surface area contributed by atoms with Crippen LogP contribution in [-0.2, 0) is 15.3 Å². The maximum Gasteiger partial charge on any atom is 0.191 e. The largest absolute Gasteiger partial charge is 0.357 e. The smallest absolute Gasteiger partial charge is 0.191 e. The predicted octanol–water partition coefficient (Wildman–Crippen LogP) is 3.23. The molecule has 1 aliphatic carbocycles. The lowest BCUT2D eigenvalue weighted by molar-refractivity contribution is 0.253. The molecule has 1 heterocycles. The van der Waals surface area contributed by atoms with Crippen molar-refractivity contribution >= 4 is 55.7 Å². The van der Waals surface area contributed by atoms with Crippen LogP contribution in [0.2, 0.25) is 0 Å². The van der Waals surface area contributed by atoms with E-state index in [1.165, 1.54) is 12.0 Å². The van der Waals surface area contributed by atoms with E-state index in [0.717, 1.165) is 36.4 Å². The van der Waals surface area contributed by atoms with Crippen LogP contribution in [0.1, 0.15) is 38.2 Å². The Hall–Kier alpha value is -0.350. The van der Waals surface area contributed by atoms with E-state index in [1.54, 1.807) is 0 Å². The van der Waals surface area contributed by atoms with E-state index in [4.69, 9.17) is 4.99 Å². The summed E-state index contributed by atoms with van der Waals surface area (Å²) in [4.78, 5) is 4.81. The highest BCUT2D eigenvalue weighted by Gasteiger charge is 2.38. The summed E-state index contributed by atoms with van der Waals surface area (Å²) >= 11 is 3.50.